The highest BCUT2D eigenvalue weighted by Gasteiger charge is 2.50. The third-order valence-corrected chi connectivity index (χ3v) is 4.56. The molecule has 0 amide bonds. The first kappa shape index (κ1) is 12.9. The Labute approximate surface area is 128 Å². The molecule has 0 aliphatic carbocycles. The molecule has 2 aliphatic heterocycles. The molecule has 0 saturated heterocycles. The molecular formula is C17H15ClN2O. The van der Waals surface area contributed by atoms with E-state index in [1.165, 1.54) is 0 Å². The number of halogens is 1. The van der Waals surface area contributed by atoms with Crippen molar-refractivity contribution in [2.24, 2.45) is 4.99 Å². The first-order valence-electron chi connectivity index (χ1n) is 7.12. The molecule has 4 heteroatoms. The van der Waals surface area contributed by atoms with Gasteiger partial charge >= 0.3 is 0 Å². The number of aliphatic hydroxyl groups is 1. The zero-order valence-corrected chi connectivity index (χ0v) is 12.2. The molecule has 0 fully saturated rings. The second-order valence-electron chi connectivity index (χ2n) is 5.42. The minimum atomic E-state index is -1.25. The summed E-state index contributed by atoms with van der Waals surface area (Å²) in [7, 11) is 0. The summed E-state index contributed by atoms with van der Waals surface area (Å²) in [5.74, 6) is 0.697. The number of hydrogen-bond acceptors (Lipinski definition) is 3. The zero-order valence-electron chi connectivity index (χ0n) is 11.5. The number of anilines is 1. The van der Waals surface area contributed by atoms with Gasteiger partial charge in [-0.05, 0) is 18.6 Å². The van der Waals surface area contributed by atoms with Gasteiger partial charge in [0.15, 0.2) is 5.60 Å². The van der Waals surface area contributed by atoms with Gasteiger partial charge in [-0.25, -0.2) is 0 Å². The number of benzene rings is 2. The van der Waals surface area contributed by atoms with Crippen molar-refractivity contribution in [3.63, 3.8) is 0 Å². The third kappa shape index (κ3) is 1.68. The molecule has 2 heterocycles. The summed E-state index contributed by atoms with van der Waals surface area (Å²) in [4.78, 5) is 6.72. The van der Waals surface area contributed by atoms with Crippen LogP contribution in [0.15, 0.2) is 53.5 Å². The van der Waals surface area contributed by atoms with Crippen molar-refractivity contribution in [2.45, 2.75) is 12.0 Å². The van der Waals surface area contributed by atoms with E-state index in [-0.39, 0.29) is 0 Å². The predicted octanol–water partition coefficient (Wildman–Crippen LogP) is 3.20. The largest absolute Gasteiger partial charge is 0.373 e. The molecule has 2 aromatic carbocycles. The Hall–Kier alpha value is -1.84. The Kier molecular flexibility index (Phi) is 2.81. The average molecular weight is 299 g/mol. The molecule has 0 saturated carbocycles. The lowest BCUT2D eigenvalue weighted by Gasteiger charge is -2.30. The number of amidine groups is 1. The topological polar surface area (TPSA) is 35.8 Å². The second kappa shape index (κ2) is 4.58. The van der Waals surface area contributed by atoms with Crippen LogP contribution in [0, 0.1) is 0 Å². The van der Waals surface area contributed by atoms with Crippen molar-refractivity contribution in [2.75, 3.05) is 18.0 Å². The van der Waals surface area contributed by atoms with E-state index in [0.717, 1.165) is 30.8 Å². The molecule has 1 N–H and O–H groups in total. The number of para-hydroxylation sites is 1. The quantitative estimate of drug-likeness (QED) is 0.877. The molecule has 21 heavy (non-hydrogen) atoms. The monoisotopic (exact) mass is 298 g/mol. The fraction of sp³-hybridized carbons (Fsp3) is 0.235. The highest BCUT2D eigenvalue weighted by atomic mass is 35.5. The number of rotatable bonds is 1. The van der Waals surface area contributed by atoms with Crippen LogP contribution >= 0.6 is 11.6 Å². The molecule has 0 spiro atoms. The van der Waals surface area contributed by atoms with Gasteiger partial charge in [0.05, 0.1) is 0 Å². The normalized spacial score (nSPS) is 23.5. The lowest BCUT2D eigenvalue weighted by Crippen LogP contribution is -2.44. The Morgan fingerprint density at radius 3 is 2.57 bits per heavy atom. The predicted molar refractivity (Wildman–Crippen MR) is 85.2 cm³/mol. The van der Waals surface area contributed by atoms with Crippen molar-refractivity contribution in [3.05, 3.63) is 64.7 Å². The number of nitrogens with zero attached hydrogens (tertiary/aromatic N) is 2. The summed E-state index contributed by atoms with van der Waals surface area (Å²) in [6.07, 6.45) is 0.996. The van der Waals surface area contributed by atoms with Crippen molar-refractivity contribution < 1.29 is 5.11 Å². The summed E-state index contributed by atoms with van der Waals surface area (Å²) in [6.45, 7) is 1.62. The molecule has 4 rings (SSSR count). The molecule has 0 aromatic heterocycles. The van der Waals surface area contributed by atoms with Gasteiger partial charge in [-0.3, -0.25) is 4.99 Å². The van der Waals surface area contributed by atoms with Crippen LogP contribution in [0.3, 0.4) is 0 Å². The van der Waals surface area contributed by atoms with Crippen molar-refractivity contribution in [1.29, 1.82) is 0 Å². The summed E-state index contributed by atoms with van der Waals surface area (Å²) in [5.41, 5.74) is 1.33. The van der Waals surface area contributed by atoms with E-state index < -0.39 is 5.60 Å². The summed E-state index contributed by atoms with van der Waals surface area (Å²) in [6, 6.07) is 15.4. The number of aliphatic imine (C=N–C) groups is 1. The van der Waals surface area contributed by atoms with Crippen LogP contribution in [0.1, 0.15) is 17.5 Å². The van der Waals surface area contributed by atoms with Gasteiger partial charge in [0.1, 0.15) is 5.84 Å². The maximum Gasteiger partial charge on any atom is 0.176 e. The molecule has 1 unspecified atom stereocenters. The summed E-state index contributed by atoms with van der Waals surface area (Å²) >= 11 is 6.36. The van der Waals surface area contributed by atoms with Crippen molar-refractivity contribution in [1.82, 2.24) is 0 Å². The maximum absolute atomic E-state index is 11.5. The standard InChI is InChI=1S/C17H15ClN2O/c18-14-8-3-1-6-12(14)17(21)13-7-2-4-9-15(13)20-11-5-10-19-16(17)20/h1-4,6-9,21H,5,10-11H2. The molecule has 1 atom stereocenters. The first-order valence-corrected chi connectivity index (χ1v) is 7.50. The van der Waals surface area contributed by atoms with Crippen LogP contribution in [-0.4, -0.2) is 24.0 Å². The minimum absolute atomic E-state index is 0.560. The first-order chi connectivity index (χ1) is 10.2. The van der Waals surface area contributed by atoms with Crippen LogP contribution in [-0.2, 0) is 5.60 Å². The van der Waals surface area contributed by atoms with E-state index in [1.807, 2.05) is 48.5 Å². The molecule has 106 valence electrons. The maximum atomic E-state index is 11.5. The van der Waals surface area contributed by atoms with Crippen LogP contribution in [0.4, 0.5) is 5.69 Å². The lowest BCUT2D eigenvalue weighted by atomic mass is 9.87. The average Bonchev–Trinajstić information content (AvgIpc) is 2.79. The molecule has 3 nitrogen and oxygen atoms in total. The second-order valence-corrected chi connectivity index (χ2v) is 5.83. The van der Waals surface area contributed by atoms with Gasteiger partial charge in [0, 0.05) is 34.9 Å². The lowest BCUT2D eigenvalue weighted by molar-refractivity contribution is 0.158. The fourth-order valence-electron chi connectivity index (χ4n) is 3.30. The Bertz CT molecular complexity index is 743. The van der Waals surface area contributed by atoms with Gasteiger partial charge in [-0.15, -0.1) is 0 Å². The van der Waals surface area contributed by atoms with Crippen LogP contribution in [0.2, 0.25) is 5.02 Å². The smallest absolute Gasteiger partial charge is 0.176 e. The summed E-state index contributed by atoms with van der Waals surface area (Å²) in [5, 5.41) is 12.1. The van der Waals surface area contributed by atoms with Gasteiger partial charge in [0.25, 0.3) is 0 Å². The highest BCUT2D eigenvalue weighted by molar-refractivity contribution is 6.32. The Morgan fingerprint density at radius 1 is 1.05 bits per heavy atom. The highest BCUT2D eigenvalue weighted by Crippen LogP contribution is 2.47. The van der Waals surface area contributed by atoms with Gasteiger partial charge < -0.3 is 10.0 Å². The molecule has 0 bridgehead atoms. The fourth-order valence-corrected chi connectivity index (χ4v) is 3.58. The summed E-state index contributed by atoms with van der Waals surface area (Å²) < 4.78 is 0. The van der Waals surface area contributed by atoms with E-state index in [2.05, 4.69) is 9.89 Å². The van der Waals surface area contributed by atoms with Crippen LogP contribution in [0.25, 0.3) is 0 Å². The minimum Gasteiger partial charge on any atom is -0.373 e. The van der Waals surface area contributed by atoms with E-state index in [0.29, 0.717) is 16.4 Å². The van der Waals surface area contributed by atoms with Crippen LogP contribution < -0.4 is 4.90 Å². The van der Waals surface area contributed by atoms with Crippen LogP contribution in [0.5, 0.6) is 0 Å². The third-order valence-electron chi connectivity index (χ3n) is 4.23. The van der Waals surface area contributed by atoms with E-state index in [9.17, 15) is 5.11 Å². The Morgan fingerprint density at radius 2 is 1.76 bits per heavy atom. The van der Waals surface area contributed by atoms with E-state index in [4.69, 9.17) is 11.6 Å². The van der Waals surface area contributed by atoms with E-state index >= 15 is 0 Å². The van der Waals surface area contributed by atoms with Crippen molar-refractivity contribution >= 4 is 23.1 Å². The zero-order chi connectivity index (χ0) is 14.4. The van der Waals surface area contributed by atoms with Gasteiger partial charge in [0.2, 0.25) is 0 Å². The Balaban J connectivity index is 2.03. The van der Waals surface area contributed by atoms with Crippen molar-refractivity contribution in [3.8, 4) is 0 Å². The molecule has 2 aromatic rings. The van der Waals surface area contributed by atoms with Gasteiger partial charge in [-0.1, -0.05) is 48.0 Å². The number of fused-ring (bicyclic) bond motifs is 3. The molecular weight excluding hydrogens is 284 g/mol. The number of hydrogen-bond donors (Lipinski definition) is 1. The molecule has 2 aliphatic rings. The van der Waals surface area contributed by atoms with Gasteiger partial charge in [-0.2, -0.15) is 0 Å². The molecule has 0 radical (unpaired) electrons. The SMILES string of the molecule is OC1(c2ccccc2Cl)C2=NCCCN2c2ccccc21. The van der Waals surface area contributed by atoms with E-state index in [1.54, 1.807) is 0 Å².